The lowest BCUT2D eigenvalue weighted by atomic mass is 10.1. The highest BCUT2D eigenvalue weighted by Crippen LogP contribution is 2.23. The Kier molecular flexibility index (Phi) is 4.62. The monoisotopic (exact) mass is 329 g/mol. The zero-order chi connectivity index (χ0) is 12.3. The maximum Gasteiger partial charge on any atom is 0.0548 e. The van der Waals surface area contributed by atoms with Gasteiger partial charge in [-0.25, -0.2) is 0 Å². The van der Waals surface area contributed by atoms with E-state index in [1.165, 1.54) is 11.1 Å². The number of halogens is 2. The summed E-state index contributed by atoms with van der Waals surface area (Å²) < 4.78 is 0.946. The van der Waals surface area contributed by atoms with Crippen LogP contribution >= 0.6 is 38.9 Å². The Hall–Kier alpha value is -0.350. The molecule has 0 fully saturated rings. The van der Waals surface area contributed by atoms with Crippen molar-refractivity contribution in [2.75, 3.05) is 0 Å². The van der Waals surface area contributed by atoms with Gasteiger partial charge in [-0.3, -0.25) is 0 Å². The smallest absolute Gasteiger partial charge is 0.0548 e. The molecule has 0 saturated carbocycles. The van der Waals surface area contributed by atoms with Crippen molar-refractivity contribution < 1.29 is 0 Å². The average Bonchev–Trinajstić information content (AvgIpc) is 2.84. The summed E-state index contributed by atoms with van der Waals surface area (Å²) in [4.78, 5) is 0. The molecule has 4 heteroatoms. The van der Waals surface area contributed by atoms with E-state index in [1.54, 1.807) is 11.3 Å². The molecule has 0 saturated heterocycles. The van der Waals surface area contributed by atoms with Crippen molar-refractivity contribution in [3.63, 3.8) is 0 Å². The van der Waals surface area contributed by atoms with Crippen LogP contribution in [0.15, 0.2) is 39.5 Å². The Balaban J connectivity index is 1.96. The fourth-order valence-corrected chi connectivity index (χ4v) is 2.86. The lowest BCUT2D eigenvalue weighted by molar-refractivity contribution is 0.576. The summed E-state index contributed by atoms with van der Waals surface area (Å²) in [5.74, 6) is 0. The SMILES string of the molecule is CC(NCc1ccc(Cl)c(Br)c1)c1ccsc1. The molecule has 0 aliphatic carbocycles. The van der Waals surface area contributed by atoms with E-state index in [0.29, 0.717) is 6.04 Å². The highest BCUT2D eigenvalue weighted by Gasteiger charge is 2.05. The number of thiophene rings is 1. The molecule has 1 aromatic heterocycles. The number of nitrogens with one attached hydrogen (secondary N) is 1. The third-order valence-electron chi connectivity index (χ3n) is 2.64. The largest absolute Gasteiger partial charge is 0.306 e. The molecule has 90 valence electrons. The lowest BCUT2D eigenvalue weighted by Gasteiger charge is -2.12. The Morgan fingerprint density at radius 2 is 2.24 bits per heavy atom. The molecule has 0 bridgehead atoms. The summed E-state index contributed by atoms with van der Waals surface area (Å²) in [7, 11) is 0. The zero-order valence-electron chi connectivity index (χ0n) is 9.41. The van der Waals surface area contributed by atoms with E-state index in [2.05, 4.69) is 51.1 Å². The van der Waals surface area contributed by atoms with Gasteiger partial charge in [0.25, 0.3) is 0 Å². The van der Waals surface area contributed by atoms with Crippen molar-refractivity contribution >= 4 is 38.9 Å². The fourth-order valence-electron chi connectivity index (χ4n) is 1.56. The van der Waals surface area contributed by atoms with E-state index < -0.39 is 0 Å². The van der Waals surface area contributed by atoms with E-state index in [0.717, 1.165) is 16.0 Å². The van der Waals surface area contributed by atoms with Gasteiger partial charge in [-0.1, -0.05) is 17.7 Å². The van der Waals surface area contributed by atoms with E-state index in [4.69, 9.17) is 11.6 Å². The molecular weight excluding hydrogens is 318 g/mol. The first-order valence-electron chi connectivity index (χ1n) is 5.36. The van der Waals surface area contributed by atoms with E-state index >= 15 is 0 Å². The third-order valence-corrected chi connectivity index (χ3v) is 4.55. The first-order valence-corrected chi connectivity index (χ1v) is 7.47. The molecule has 0 amide bonds. The second-order valence-corrected chi connectivity index (χ2v) is 5.95. The molecule has 1 aromatic carbocycles. The van der Waals surface area contributed by atoms with Crippen molar-refractivity contribution in [3.05, 3.63) is 55.6 Å². The minimum Gasteiger partial charge on any atom is -0.306 e. The predicted molar refractivity (Wildman–Crippen MR) is 78.7 cm³/mol. The number of benzene rings is 1. The van der Waals surface area contributed by atoms with Crippen LogP contribution in [-0.2, 0) is 6.54 Å². The first-order chi connectivity index (χ1) is 8.16. The van der Waals surface area contributed by atoms with Gasteiger partial charge >= 0.3 is 0 Å². The van der Waals surface area contributed by atoms with Crippen molar-refractivity contribution in [3.8, 4) is 0 Å². The zero-order valence-corrected chi connectivity index (χ0v) is 12.6. The highest BCUT2D eigenvalue weighted by molar-refractivity contribution is 9.10. The average molecular weight is 331 g/mol. The van der Waals surface area contributed by atoms with Crippen LogP contribution in [0.25, 0.3) is 0 Å². The Labute approximate surface area is 119 Å². The number of hydrogen-bond acceptors (Lipinski definition) is 2. The van der Waals surface area contributed by atoms with Crippen LogP contribution in [0.4, 0.5) is 0 Å². The molecule has 1 heterocycles. The van der Waals surface area contributed by atoms with Crippen molar-refractivity contribution in [1.82, 2.24) is 5.32 Å². The predicted octanol–water partition coefficient (Wildman–Crippen LogP) is 5.01. The van der Waals surface area contributed by atoms with E-state index in [9.17, 15) is 0 Å². The Morgan fingerprint density at radius 3 is 2.88 bits per heavy atom. The summed E-state index contributed by atoms with van der Waals surface area (Å²) in [6.07, 6.45) is 0. The summed E-state index contributed by atoms with van der Waals surface area (Å²) in [6, 6.07) is 8.53. The molecule has 2 aromatic rings. The molecule has 1 atom stereocenters. The summed E-state index contributed by atoms with van der Waals surface area (Å²) >= 11 is 11.1. The van der Waals surface area contributed by atoms with Gasteiger partial charge in [0.15, 0.2) is 0 Å². The first kappa shape index (κ1) is 13.1. The van der Waals surface area contributed by atoms with E-state index in [1.807, 2.05) is 12.1 Å². The summed E-state index contributed by atoms with van der Waals surface area (Å²) in [5.41, 5.74) is 2.56. The van der Waals surface area contributed by atoms with Crippen LogP contribution in [0.1, 0.15) is 24.1 Å². The third kappa shape index (κ3) is 3.55. The van der Waals surface area contributed by atoms with Crippen LogP contribution < -0.4 is 5.32 Å². The van der Waals surface area contributed by atoms with Crippen LogP contribution in [0.5, 0.6) is 0 Å². The lowest BCUT2D eigenvalue weighted by Crippen LogP contribution is -2.17. The van der Waals surface area contributed by atoms with Gasteiger partial charge in [-0.05, 0) is 62.9 Å². The molecule has 0 aliphatic rings. The maximum absolute atomic E-state index is 5.96. The minimum atomic E-state index is 0.371. The minimum absolute atomic E-state index is 0.371. The van der Waals surface area contributed by atoms with Crippen LogP contribution in [0.2, 0.25) is 5.02 Å². The standard InChI is InChI=1S/C13H13BrClNS/c1-9(11-4-5-17-8-11)16-7-10-2-3-13(15)12(14)6-10/h2-6,8-9,16H,7H2,1H3. The van der Waals surface area contributed by atoms with Gasteiger partial charge in [-0.2, -0.15) is 11.3 Å². The number of hydrogen-bond donors (Lipinski definition) is 1. The number of rotatable bonds is 4. The quantitative estimate of drug-likeness (QED) is 0.830. The molecule has 1 N–H and O–H groups in total. The summed E-state index contributed by atoms with van der Waals surface area (Å²) in [6.45, 7) is 3.01. The molecule has 1 nitrogen and oxygen atoms in total. The van der Waals surface area contributed by atoms with Crippen molar-refractivity contribution in [2.45, 2.75) is 19.5 Å². The van der Waals surface area contributed by atoms with Crippen LogP contribution in [-0.4, -0.2) is 0 Å². The van der Waals surface area contributed by atoms with Gasteiger partial charge in [0, 0.05) is 17.1 Å². The second-order valence-electron chi connectivity index (χ2n) is 3.91. The van der Waals surface area contributed by atoms with Gasteiger partial charge in [0.05, 0.1) is 5.02 Å². The second kappa shape index (κ2) is 6.01. The van der Waals surface area contributed by atoms with Gasteiger partial charge in [0.1, 0.15) is 0 Å². The normalized spacial score (nSPS) is 12.6. The van der Waals surface area contributed by atoms with Gasteiger partial charge < -0.3 is 5.32 Å². The van der Waals surface area contributed by atoms with Crippen molar-refractivity contribution in [2.24, 2.45) is 0 Å². The molecule has 0 spiro atoms. The van der Waals surface area contributed by atoms with E-state index in [-0.39, 0.29) is 0 Å². The summed E-state index contributed by atoms with van der Waals surface area (Å²) in [5, 5.41) is 8.52. The molecular formula is C13H13BrClNS. The Morgan fingerprint density at radius 1 is 1.41 bits per heavy atom. The topological polar surface area (TPSA) is 12.0 Å². The van der Waals surface area contributed by atoms with Crippen molar-refractivity contribution in [1.29, 1.82) is 0 Å². The maximum atomic E-state index is 5.96. The Bertz CT molecular complexity index is 484. The molecule has 0 aliphatic heterocycles. The highest BCUT2D eigenvalue weighted by atomic mass is 79.9. The van der Waals surface area contributed by atoms with Crippen LogP contribution in [0, 0.1) is 0 Å². The van der Waals surface area contributed by atoms with Gasteiger partial charge in [-0.15, -0.1) is 0 Å². The molecule has 1 unspecified atom stereocenters. The van der Waals surface area contributed by atoms with Crippen LogP contribution in [0.3, 0.4) is 0 Å². The molecule has 0 radical (unpaired) electrons. The van der Waals surface area contributed by atoms with Gasteiger partial charge in [0.2, 0.25) is 0 Å². The molecule has 2 rings (SSSR count). The molecule has 17 heavy (non-hydrogen) atoms. The fraction of sp³-hybridized carbons (Fsp3) is 0.231.